The maximum atomic E-state index is 13.0. The van der Waals surface area contributed by atoms with E-state index in [1.54, 1.807) is 12.1 Å². The molecule has 0 amide bonds. The molecule has 0 saturated heterocycles. The summed E-state index contributed by atoms with van der Waals surface area (Å²) in [7, 11) is 3.72. The molecule has 6 heteroatoms. The van der Waals surface area contributed by atoms with Gasteiger partial charge in [0.15, 0.2) is 0 Å². The van der Waals surface area contributed by atoms with E-state index in [0.717, 1.165) is 11.1 Å². The number of ether oxygens (including phenoxy) is 2. The topological polar surface area (TPSA) is 59.0 Å². The highest BCUT2D eigenvalue weighted by Crippen LogP contribution is 2.26. The van der Waals surface area contributed by atoms with Crippen LogP contribution in [0.4, 0.5) is 4.39 Å². The minimum atomic E-state index is -0.836. The van der Waals surface area contributed by atoms with Crippen molar-refractivity contribution in [2.24, 2.45) is 0 Å². The second-order valence-electron chi connectivity index (χ2n) is 7.14. The van der Waals surface area contributed by atoms with E-state index in [2.05, 4.69) is 0 Å². The highest BCUT2D eigenvalue weighted by Gasteiger charge is 2.17. The van der Waals surface area contributed by atoms with Crippen LogP contribution in [0.3, 0.4) is 0 Å². The van der Waals surface area contributed by atoms with Crippen LogP contribution in [0.1, 0.15) is 23.6 Å². The van der Waals surface area contributed by atoms with Gasteiger partial charge in [0.25, 0.3) is 0 Å². The molecular formula is C24H24FNO4. The minimum absolute atomic E-state index is 0.0358. The molecule has 0 heterocycles. The number of hydrogen-bond donors (Lipinski definition) is 1. The summed E-state index contributed by atoms with van der Waals surface area (Å²) in [6.07, 6.45) is 0.0358. The third-order valence-corrected chi connectivity index (χ3v) is 4.61. The molecular weight excluding hydrogens is 385 g/mol. The summed E-state index contributed by atoms with van der Waals surface area (Å²) in [5, 5.41) is 9.11. The summed E-state index contributed by atoms with van der Waals surface area (Å²) >= 11 is 0. The van der Waals surface area contributed by atoms with Crippen LogP contribution in [-0.4, -0.2) is 30.1 Å². The average molecular weight is 409 g/mol. The molecule has 0 aromatic heterocycles. The van der Waals surface area contributed by atoms with Gasteiger partial charge in [-0.25, -0.2) is 4.39 Å². The van der Waals surface area contributed by atoms with E-state index in [0.29, 0.717) is 23.9 Å². The molecule has 1 atom stereocenters. The van der Waals surface area contributed by atoms with Gasteiger partial charge in [-0.3, -0.25) is 4.79 Å². The minimum Gasteiger partial charge on any atom is -0.489 e. The van der Waals surface area contributed by atoms with E-state index >= 15 is 0 Å². The smallest absolute Gasteiger partial charge is 0.305 e. The molecule has 0 bridgehead atoms. The third kappa shape index (κ3) is 6.06. The van der Waals surface area contributed by atoms with Crippen LogP contribution >= 0.6 is 0 Å². The number of benzene rings is 3. The summed E-state index contributed by atoms with van der Waals surface area (Å²) in [5.74, 6) is 0.742. The Bertz CT molecular complexity index is 971. The van der Waals surface area contributed by atoms with Gasteiger partial charge in [0.05, 0.1) is 6.42 Å². The van der Waals surface area contributed by atoms with Gasteiger partial charge in [-0.15, -0.1) is 0 Å². The summed E-state index contributed by atoms with van der Waals surface area (Å²) < 4.78 is 24.6. The van der Waals surface area contributed by atoms with E-state index in [1.165, 1.54) is 12.1 Å². The molecule has 156 valence electrons. The normalized spacial score (nSPS) is 11.9. The molecule has 3 aromatic carbocycles. The molecule has 0 saturated carbocycles. The predicted molar refractivity (Wildman–Crippen MR) is 112 cm³/mol. The summed E-state index contributed by atoms with van der Waals surface area (Å²) in [4.78, 5) is 13.0. The Morgan fingerprint density at radius 3 is 2.27 bits per heavy atom. The van der Waals surface area contributed by atoms with Crippen LogP contribution in [-0.2, 0) is 11.4 Å². The van der Waals surface area contributed by atoms with Crippen molar-refractivity contribution in [2.45, 2.75) is 19.1 Å². The van der Waals surface area contributed by atoms with Crippen LogP contribution < -0.4 is 9.47 Å². The van der Waals surface area contributed by atoms with Gasteiger partial charge in [-0.2, -0.15) is 0 Å². The van der Waals surface area contributed by atoms with Crippen molar-refractivity contribution in [1.82, 2.24) is 4.90 Å². The highest BCUT2D eigenvalue weighted by molar-refractivity contribution is 5.68. The second kappa shape index (κ2) is 9.89. The monoisotopic (exact) mass is 409 g/mol. The molecule has 1 N–H and O–H groups in total. The van der Waals surface area contributed by atoms with Gasteiger partial charge in [-0.1, -0.05) is 24.3 Å². The molecule has 0 aliphatic rings. The Morgan fingerprint density at radius 2 is 1.63 bits per heavy atom. The van der Waals surface area contributed by atoms with Crippen LogP contribution in [0.25, 0.3) is 0 Å². The van der Waals surface area contributed by atoms with Crippen LogP contribution in [0.2, 0.25) is 0 Å². The second-order valence-corrected chi connectivity index (χ2v) is 7.14. The number of carboxylic acids is 1. The molecule has 5 nitrogen and oxygen atoms in total. The molecule has 0 aliphatic carbocycles. The fourth-order valence-corrected chi connectivity index (χ4v) is 3.05. The first kappa shape index (κ1) is 21.3. The van der Waals surface area contributed by atoms with E-state index in [1.807, 2.05) is 67.5 Å². The predicted octanol–water partition coefficient (Wildman–Crippen LogP) is 5.27. The Hall–Kier alpha value is -3.38. The van der Waals surface area contributed by atoms with Crippen LogP contribution in [0, 0.1) is 5.82 Å². The Labute approximate surface area is 175 Å². The molecule has 0 aliphatic heterocycles. The van der Waals surface area contributed by atoms with E-state index < -0.39 is 5.97 Å². The van der Waals surface area contributed by atoms with Crippen molar-refractivity contribution < 1.29 is 23.8 Å². The summed E-state index contributed by atoms with van der Waals surface area (Å²) in [6.45, 7) is 0.353. The average Bonchev–Trinajstić information content (AvgIpc) is 2.73. The van der Waals surface area contributed by atoms with Crippen molar-refractivity contribution in [3.63, 3.8) is 0 Å². The first-order chi connectivity index (χ1) is 14.4. The third-order valence-electron chi connectivity index (χ3n) is 4.61. The largest absolute Gasteiger partial charge is 0.489 e. The SMILES string of the molecule is CN(C)C(CC(=O)O)c1ccc(OCc2cccc(Oc3ccc(F)cc3)c2)cc1. The van der Waals surface area contributed by atoms with Crippen LogP contribution in [0.15, 0.2) is 72.8 Å². The van der Waals surface area contributed by atoms with Gasteiger partial charge >= 0.3 is 5.97 Å². The molecule has 0 radical (unpaired) electrons. The Morgan fingerprint density at radius 1 is 0.967 bits per heavy atom. The van der Waals surface area contributed by atoms with Crippen molar-refractivity contribution in [3.05, 3.63) is 89.7 Å². The number of halogens is 1. The maximum Gasteiger partial charge on any atom is 0.305 e. The lowest BCUT2D eigenvalue weighted by Crippen LogP contribution is -2.22. The zero-order valence-electron chi connectivity index (χ0n) is 16.9. The van der Waals surface area contributed by atoms with Crippen molar-refractivity contribution >= 4 is 5.97 Å². The number of carbonyl (C=O) groups is 1. The first-order valence-corrected chi connectivity index (χ1v) is 9.54. The quantitative estimate of drug-likeness (QED) is 0.521. The maximum absolute atomic E-state index is 13.0. The molecule has 30 heavy (non-hydrogen) atoms. The van der Waals surface area contributed by atoms with Crippen molar-refractivity contribution in [2.75, 3.05) is 14.1 Å². The zero-order chi connectivity index (χ0) is 21.5. The summed E-state index contributed by atoms with van der Waals surface area (Å²) in [6, 6.07) is 20.6. The lowest BCUT2D eigenvalue weighted by Gasteiger charge is -2.23. The van der Waals surface area contributed by atoms with Gasteiger partial charge in [0.2, 0.25) is 0 Å². The van der Waals surface area contributed by atoms with Crippen LogP contribution in [0.5, 0.6) is 17.2 Å². The van der Waals surface area contributed by atoms with E-state index in [-0.39, 0.29) is 18.3 Å². The lowest BCUT2D eigenvalue weighted by molar-refractivity contribution is -0.138. The molecule has 1 unspecified atom stereocenters. The van der Waals surface area contributed by atoms with E-state index in [4.69, 9.17) is 14.6 Å². The Balaban J connectivity index is 1.61. The fraction of sp³-hybridized carbons (Fsp3) is 0.208. The van der Waals surface area contributed by atoms with Crippen molar-refractivity contribution in [1.29, 1.82) is 0 Å². The Kier molecular flexibility index (Phi) is 7.03. The lowest BCUT2D eigenvalue weighted by atomic mass is 10.0. The number of nitrogens with zero attached hydrogens (tertiary/aromatic N) is 1. The van der Waals surface area contributed by atoms with Gasteiger partial charge < -0.3 is 19.5 Å². The van der Waals surface area contributed by atoms with Gasteiger partial charge in [0, 0.05) is 6.04 Å². The number of carboxylic acid groups (broad SMARTS) is 1. The number of hydrogen-bond acceptors (Lipinski definition) is 4. The number of rotatable bonds is 9. The van der Waals surface area contributed by atoms with Crippen molar-refractivity contribution in [3.8, 4) is 17.2 Å². The van der Waals surface area contributed by atoms with E-state index in [9.17, 15) is 9.18 Å². The fourth-order valence-electron chi connectivity index (χ4n) is 3.05. The standard InChI is InChI=1S/C24H24FNO4/c1-26(2)23(15-24(27)28)18-6-10-20(11-7-18)29-16-17-4-3-5-22(14-17)30-21-12-8-19(25)9-13-21/h3-14,23H,15-16H2,1-2H3,(H,27,28). The van der Waals surface area contributed by atoms with Gasteiger partial charge in [-0.05, 0) is 73.8 Å². The highest BCUT2D eigenvalue weighted by atomic mass is 19.1. The molecule has 3 rings (SSSR count). The number of aliphatic carboxylic acids is 1. The molecule has 0 fully saturated rings. The molecule has 0 spiro atoms. The summed E-state index contributed by atoms with van der Waals surface area (Å²) in [5.41, 5.74) is 1.85. The van der Waals surface area contributed by atoms with Gasteiger partial charge in [0.1, 0.15) is 29.7 Å². The molecule has 3 aromatic rings. The first-order valence-electron chi connectivity index (χ1n) is 9.54. The zero-order valence-corrected chi connectivity index (χ0v) is 16.9.